The molecule has 2 aliphatic rings. The maximum Gasteiger partial charge on any atom is 0.134 e. The van der Waals surface area contributed by atoms with Crippen molar-refractivity contribution in [2.24, 2.45) is 4.99 Å². The van der Waals surface area contributed by atoms with Gasteiger partial charge in [-0.15, -0.1) is 0 Å². The molecule has 0 amide bonds. The van der Waals surface area contributed by atoms with E-state index in [1.807, 2.05) is 30.3 Å². The number of aliphatic hydroxyl groups is 3. The molecule has 102 valence electrons. The Balaban J connectivity index is 1.84. The molecule has 0 unspecified atom stereocenters. The summed E-state index contributed by atoms with van der Waals surface area (Å²) in [6, 6.07) is 9.16. The molecule has 0 aromatic heterocycles. The van der Waals surface area contributed by atoms with Crippen LogP contribution in [0.1, 0.15) is 5.56 Å². The van der Waals surface area contributed by atoms with E-state index in [9.17, 15) is 10.2 Å². The standard InChI is InChI=1S/C13H15NO4S/c15-6-8-10(16)11(17)9-13(18-8)19-12(14-9)7-4-2-1-3-5-7/h1-5,8-11,13,15-17H,6H2/t8-,9-,10-,11-,13-/m1/s1. The fourth-order valence-electron chi connectivity index (χ4n) is 2.30. The zero-order valence-electron chi connectivity index (χ0n) is 10.1. The lowest BCUT2D eigenvalue weighted by atomic mass is 9.99. The van der Waals surface area contributed by atoms with Crippen molar-refractivity contribution in [2.45, 2.75) is 29.8 Å². The van der Waals surface area contributed by atoms with Crippen LogP contribution in [0.5, 0.6) is 0 Å². The summed E-state index contributed by atoms with van der Waals surface area (Å²) in [6.07, 6.45) is -2.87. The van der Waals surface area contributed by atoms with E-state index in [-0.39, 0.29) is 12.0 Å². The van der Waals surface area contributed by atoms with Crippen molar-refractivity contribution in [2.75, 3.05) is 6.61 Å². The van der Waals surface area contributed by atoms with Crippen LogP contribution in [0.4, 0.5) is 0 Å². The molecule has 1 fully saturated rings. The van der Waals surface area contributed by atoms with Gasteiger partial charge >= 0.3 is 0 Å². The van der Waals surface area contributed by atoms with Gasteiger partial charge in [0.25, 0.3) is 0 Å². The van der Waals surface area contributed by atoms with Crippen LogP contribution in [0.25, 0.3) is 0 Å². The largest absolute Gasteiger partial charge is 0.394 e. The van der Waals surface area contributed by atoms with E-state index in [0.29, 0.717) is 0 Å². The van der Waals surface area contributed by atoms with Crippen LogP contribution in [0.15, 0.2) is 35.3 Å². The van der Waals surface area contributed by atoms with Gasteiger partial charge in [0.05, 0.1) is 6.61 Å². The first-order valence-electron chi connectivity index (χ1n) is 6.13. The number of rotatable bonds is 2. The zero-order valence-corrected chi connectivity index (χ0v) is 10.9. The SMILES string of the molecule is OC[C@H]1O[C@@H]2SC(c3ccccc3)=N[C@@H]2[C@@H](O)[C@@H]1O. The van der Waals surface area contributed by atoms with E-state index < -0.39 is 24.4 Å². The topological polar surface area (TPSA) is 82.3 Å². The van der Waals surface area contributed by atoms with Gasteiger partial charge in [-0.2, -0.15) is 0 Å². The number of aliphatic hydroxyl groups excluding tert-OH is 3. The lowest BCUT2D eigenvalue weighted by Gasteiger charge is -2.37. The molecular weight excluding hydrogens is 266 g/mol. The van der Waals surface area contributed by atoms with Crippen molar-refractivity contribution in [3.63, 3.8) is 0 Å². The highest BCUT2D eigenvalue weighted by Gasteiger charge is 2.47. The van der Waals surface area contributed by atoms with E-state index in [1.54, 1.807) is 0 Å². The normalized spacial score (nSPS) is 37.8. The van der Waals surface area contributed by atoms with Gasteiger partial charge in [0.1, 0.15) is 34.8 Å². The van der Waals surface area contributed by atoms with Crippen LogP contribution in [0, 0.1) is 0 Å². The monoisotopic (exact) mass is 281 g/mol. The molecule has 6 heteroatoms. The first-order valence-corrected chi connectivity index (χ1v) is 7.01. The summed E-state index contributed by atoms with van der Waals surface area (Å²) in [7, 11) is 0. The second-order valence-electron chi connectivity index (χ2n) is 4.62. The molecule has 0 saturated carbocycles. The molecule has 5 atom stereocenters. The predicted octanol–water partition coefficient (Wildman–Crippen LogP) is -0.0124. The fraction of sp³-hybridized carbons (Fsp3) is 0.462. The van der Waals surface area contributed by atoms with E-state index in [1.165, 1.54) is 11.8 Å². The highest BCUT2D eigenvalue weighted by molar-refractivity contribution is 8.15. The molecule has 1 aromatic rings. The molecule has 2 aliphatic heterocycles. The summed E-state index contributed by atoms with van der Waals surface area (Å²) in [5.74, 6) is 0. The second-order valence-corrected chi connectivity index (χ2v) is 5.70. The summed E-state index contributed by atoms with van der Waals surface area (Å²) >= 11 is 1.42. The van der Waals surface area contributed by atoms with Gasteiger partial charge in [-0.05, 0) is 0 Å². The van der Waals surface area contributed by atoms with Gasteiger partial charge in [0, 0.05) is 5.56 Å². The van der Waals surface area contributed by atoms with Crippen molar-refractivity contribution in [3.05, 3.63) is 35.9 Å². The second kappa shape index (κ2) is 5.22. The number of hydrogen-bond acceptors (Lipinski definition) is 6. The van der Waals surface area contributed by atoms with E-state index in [0.717, 1.165) is 10.6 Å². The first kappa shape index (κ1) is 13.1. The van der Waals surface area contributed by atoms with Gasteiger partial charge in [0.15, 0.2) is 0 Å². The Hall–Kier alpha value is -0.920. The summed E-state index contributed by atoms with van der Waals surface area (Å²) in [6.45, 7) is -0.317. The molecular formula is C13H15NO4S. The third-order valence-corrected chi connectivity index (χ3v) is 4.55. The van der Waals surface area contributed by atoms with Crippen LogP contribution in [0.2, 0.25) is 0 Å². The minimum Gasteiger partial charge on any atom is -0.394 e. The number of fused-ring (bicyclic) bond motifs is 1. The number of benzene rings is 1. The minimum absolute atomic E-state index is 0.317. The summed E-state index contributed by atoms with van der Waals surface area (Å²) in [5, 5.41) is 29.8. The Morgan fingerprint density at radius 1 is 1.16 bits per heavy atom. The van der Waals surface area contributed by atoms with Crippen LogP contribution >= 0.6 is 11.8 Å². The molecule has 3 rings (SSSR count). The third kappa shape index (κ3) is 2.30. The van der Waals surface area contributed by atoms with Gasteiger partial charge in [-0.25, -0.2) is 0 Å². The molecule has 2 heterocycles. The average Bonchev–Trinajstić information content (AvgIpc) is 2.88. The van der Waals surface area contributed by atoms with Crippen LogP contribution in [-0.2, 0) is 4.74 Å². The van der Waals surface area contributed by atoms with Crippen molar-refractivity contribution in [3.8, 4) is 0 Å². The molecule has 5 nitrogen and oxygen atoms in total. The molecule has 1 saturated heterocycles. The van der Waals surface area contributed by atoms with Crippen LogP contribution < -0.4 is 0 Å². The maximum atomic E-state index is 10.1. The number of aliphatic imine (C=N–C) groups is 1. The highest BCUT2D eigenvalue weighted by Crippen LogP contribution is 2.38. The van der Waals surface area contributed by atoms with Crippen LogP contribution in [0.3, 0.4) is 0 Å². The van der Waals surface area contributed by atoms with Gasteiger partial charge in [-0.3, -0.25) is 4.99 Å². The molecule has 0 spiro atoms. The average molecular weight is 281 g/mol. The van der Waals surface area contributed by atoms with Crippen molar-refractivity contribution in [1.29, 1.82) is 0 Å². The maximum absolute atomic E-state index is 10.1. The molecule has 0 radical (unpaired) electrons. The van der Waals surface area contributed by atoms with E-state index in [4.69, 9.17) is 9.84 Å². The summed E-state index contributed by atoms with van der Waals surface area (Å²) < 4.78 is 5.58. The minimum atomic E-state index is -1.11. The summed E-state index contributed by atoms with van der Waals surface area (Å²) in [4.78, 5) is 4.44. The predicted molar refractivity (Wildman–Crippen MR) is 72.1 cm³/mol. The van der Waals surface area contributed by atoms with Gasteiger partial charge in [-0.1, -0.05) is 42.1 Å². The molecule has 0 aliphatic carbocycles. The molecule has 0 bridgehead atoms. The Morgan fingerprint density at radius 2 is 1.89 bits per heavy atom. The van der Waals surface area contributed by atoms with Gasteiger partial charge in [0.2, 0.25) is 0 Å². The number of nitrogens with zero attached hydrogens (tertiary/aromatic N) is 1. The Kier molecular flexibility index (Phi) is 3.60. The first-order chi connectivity index (χ1) is 9.20. The highest BCUT2D eigenvalue weighted by atomic mass is 32.2. The molecule has 3 N–H and O–H groups in total. The smallest absolute Gasteiger partial charge is 0.134 e. The number of hydrogen-bond donors (Lipinski definition) is 3. The third-order valence-electron chi connectivity index (χ3n) is 3.36. The lowest BCUT2D eigenvalue weighted by molar-refractivity contribution is -0.164. The quantitative estimate of drug-likeness (QED) is 0.710. The fourth-order valence-corrected chi connectivity index (χ4v) is 3.54. The lowest BCUT2D eigenvalue weighted by Crippen LogP contribution is -2.55. The van der Waals surface area contributed by atoms with Crippen LogP contribution in [-0.4, -0.2) is 56.8 Å². The van der Waals surface area contributed by atoms with E-state index in [2.05, 4.69) is 4.99 Å². The van der Waals surface area contributed by atoms with Gasteiger partial charge < -0.3 is 20.1 Å². The van der Waals surface area contributed by atoms with Crippen molar-refractivity contribution >= 4 is 16.8 Å². The molecule has 1 aromatic carbocycles. The summed E-state index contributed by atoms with van der Waals surface area (Å²) in [5.41, 5.74) is 0.610. The number of thioether (sulfide) groups is 1. The van der Waals surface area contributed by atoms with Crippen molar-refractivity contribution < 1.29 is 20.1 Å². The number of ether oxygens (including phenoxy) is 1. The zero-order chi connectivity index (χ0) is 13.4. The Labute approximate surface area is 114 Å². The van der Waals surface area contributed by atoms with Crippen molar-refractivity contribution in [1.82, 2.24) is 0 Å². The molecule has 19 heavy (non-hydrogen) atoms. The Morgan fingerprint density at radius 3 is 2.58 bits per heavy atom. The Bertz CT molecular complexity index is 481. The van der Waals surface area contributed by atoms with E-state index >= 15 is 0 Å².